The summed E-state index contributed by atoms with van der Waals surface area (Å²) in [6.45, 7) is 0.234. The van der Waals surface area contributed by atoms with Gasteiger partial charge in [-0.2, -0.15) is 0 Å². The summed E-state index contributed by atoms with van der Waals surface area (Å²) in [4.78, 5) is 8.87. The van der Waals surface area contributed by atoms with E-state index in [0.717, 1.165) is 31.4 Å². The molecule has 3 fully saturated rings. The highest BCUT2D eigenvalue weighted by Crippen LogP contribution is 2.38. The minimum absolute atomic E-state index is 0.297. The number of aliphatic hydroxyl groups excluding tert-OH is 1. The molecule has 2 N–H and O–H groups in total. The van der Waals surface area contributed by atoms with E-state index in [0.29, 0.717) is 35.4 Å². The fraction of sp³-hybridized carbons (Fsp3) is 0.714. The second-order valence-corrected chi connectivity index (χ2v) is 8.92. The lowest BCUT2D eigenvalue weighted by Crippen LogP contribution is -2.39. The van der Waals surface area contributed by atoms with Crippen LogP contribution in [0.25, 0.3) is 11.2 Å². The number of alkyl halides is 1. The van der Waals surface area contributed by atoms with Gasteiger partial charge in [0.15, 0.2) is 24.3 Å². The number of nitrogens with zero attached hydrogens (tertiary/aromatic N) is 3. The van der Waals surface area contributed by atoms with Crippen LogP contribution < -0.4 is 5.32 Å². The van der Waals surface area contributed by atoms with E-state index in [1.807, 2.05) is 0 Å². The van der Waals surface area contributed by atoms with Crippen LogP contribution in [0.2, 0.25) is 5.15 Å². The number of aromatic nitrogens is 3. The van der Waals surface area contributed by atoms with Crippen molar-refractivity contribution < 1.29 is 23.7 Å². The van der Waals surface area contributed by atoms with E-state index >= 15 is 4.39 Å². The normalized spacial score (nSPS) is 32.2. The van der Waals surface area contributed by atoms with Gasteiger partial charge in [0.2, 0.25) is 0 Å². The van der Waals surface area contributed by atoms with E-state index in [1.54, 1.807) is 10.6 Å². The Morgan fingerprint density at radius 2 is 2.06 bits per heavy atom. The van der Waals surface area contributed by atoms with Gasteiger partial charge in [0, 0.05) is 18.7 Å². The van der Waals surface area contributed by atoms with E-state index in [4.69, 9.17) is 25.8 Å². The minimum atomic E-state index is -1.52. The first-order valence-corrected chi connectivity index (χ1v) is 11.5. The van der Waals surface area contributed by atoms with Crippen LogP contribution in [0.15, 0.2) is 12.4 Å². The molecular formula is C21H28ClFN4O4. The molecular weight excluding hydrogens is 427 g/mol. The number of anilines is 1. The summed E-state index contributed by atoms with van der Waals surface area (Å²) in [5.74, 6) is 0. The summed E-state index contributed by atoms with van der Waals surface area (Å²) in [6.07, 6.45) is 3.96. The number of aliphatic hydroxyl groups is 1. The summed E-state index contributed by atoms with van der Waals surface area (Å²) in [6, 6.07) is 2.13. The molecule has 2 aliphatic heterocycles. The van der Waals surface area contributed by atoms with Crippen molar-refractivity contribution in [2.45, 2.75) is 81.9 Å². The third kappa shape index (κ3) is 4.26. The highest BCUT2D eigenvalue weighted by Gasteiger charge is 2.48. The van der Waals surface area contributed by atoms with Crippen molar-refractivity contribution in [2.75, 3.05) is 18.5 Å². The molecule has 0 bridgehead atoms. The van der Waals surface area contributed by atoms with Crippen molar-refractivity contribution >= 4 is 28.5 Å². The van der Waals surface area contributed by atoms with Crippen molar-refractivity contribution in [3.05, 3.63) is 17.5 Å². The Kier molecular flexibility index (Phi) is 6.30. The molecule has 3 aliphatic rings. The second kappa shape index (κ2) is 9.15. The maximum absolute atomic E-state index is 15.5. The molecule has 1 unspecified atom stereocenters. The number of imidazole rings is 1. The van der Waals surface area contributed by atoms with Crippen LogP contribution in [-0.2, 0) is 14.2 Å². The van der Waals surface area contributed by atoms with Crippen molar-refractivity contribution in [1.29, 1.82) is 0 Å². The predicted molar refractivity (Wildman–Crippen MR) is 113 cm³/mol. The molecule has 31 heavy (non-hydrogen) atoms. The molecule has 1 aliphatic carbocycles. The first kappa shape index (κ1) is 21.3. The van der Waals surface area contributed by atoms with Crippen molar-refractivity contribution in [2.24, 2.45) is 0 Å². The number of pyridine rings is 1. The molecule has 0 spiro atoms. The second-order valence-electron chi connectivity index (χ2n) is 8.53. The van der Waals surface area contributed by atoms with Crippen LogP contribution in [0.5, 0.6) is 0 Å². The molecule has 170 valence electrons. The summed E-state index contributed by atoms with van der Waals surface area (Å²) in [7, 11) is 0. The van der Waals surface area contributed by atoms with Crippen LogP contribution in [0, 0.1) is 0 Å². The van der Waals surface area contributed by atoms with Gasteiger partial charge in [0.25, 0.3) is 0 Å². The summed E-state index contributed by atoms with van der Waals surface area (Å²) >= 11 is 6.29. The summed E-state index contributed by atoms with van der Waals surface area (Å²) < 4.78 is 34.4. The van der Waals surface area contributed by atoms with Crippen LogP contribution >= 0.6 is 11.6 Å². The van der Waals surface area contributed by atoms with E-state index in [2.05, 4.69) is 15.3 Å². The van der Waals surface area contributed by atoms with Crippen LogP contribution in [0.1, 0.15) is 51.2 Å². The smallest absolute Gasteiger partial charge is 0.174 e. The Morgan fingerprint density at radius 3 is 2.81 bits per heavy atom. The molecule has 4 heterocycles. The lowest BCUT2D eigenvalue weighted by atomic mass is 10.1. The molecule has 2 saturated heterocycles. The maximum atomic E-state index is 15.5. The molecule has 8 nitrogen and oxygen atoms in total. The van der Waals surface area contributed by atoms with Crippen molar-refractivity contribution in [3.8, 4) is 0 Å². The zero-order valence-electron chi connectivity index (χ0n) is 17.3. The van der Waals surface area contributed by atoms with E-state index < -0.39 is 30.9 Å². The Morgan fingerprint density at radius 1 is 1.26 bits per heavy atom. The van der Waals surface area contributed by atoms with Gasteiger partial charge in [-0.25, -0.2) is 14.4 Å². The van der Waals surface area contributed by atoms with Crippen LogP contribution in [-0.4, -0.2) is 63.6 Å². The minimum Gasteiger partial charge on any atom is -0.394 e. The highest BCUT2D eigenvalue weighted by molar-refractivity contribution is 6.30. The number of hydrogen-bond donors (Lipinski definition) is 2. The standard InChI is InChI=1S/C21H28ClFN4O4/c22-15-9-13(25-12-5-1-2-6-12)18-20(26-15)27(11-24-18)21-17(23)19(14(10-28)30-21)31-16-7-3-4-8-29-16/h9,11-12,14,16-17,19,21,28H,1-8,10H2,(H,25,26)/t14-,16?,17+,19-,21-/m1/s1. The molecule has 0 radical (unpaired) electrons. The first-order valence-electron chi connectivity index (χ1n) is 11.1. The predicted octanol–water partition coefficient (Wildman–Crippen LogP) is 3.58. The summed E-state index contributed by atoms with van der Waals surface area (Å²) in [5.41, 5.74) is 1.84. The van der Waals surface area contributed by atoms with Crippen LogP contribution in [0.4, 0.5) is 10.1 Å². The van der Waals surface area contributed by atoms with E-state index in [9.17, 15) is 5.11 Å². The van der Waals surface area contributed by atoms with Gasteiger partial charge in [-0.05, 0) is 32.1 Å². The Labute approximate surface area is 185 Å². The molecule has 5 atom stereocenters. The first-order chi connectivity index (χ1) is 15.1. The highest BCUT2D eigenvalue weighted by atomic mass is 35.5. The zero-order chi connectivity index (χ0) is 21.4. The molecule has 0 aromatic carbocycles. The molecule has 2 aromatic rings. The van der Waals surface area contributed by atoms with Gasteiger partial charge in [0.1, 0.15) is 22.9 Å². The van der Waals surface area contributed by atoms with Gasteiger partial charge >= 0.3 is 0 Å². The van der Waals surface area contributed by atoms with Gasteiger partial charge in [-0.15, -0.1) is 0 Å². The van der Waals surface area contributed by atoms with E-state index in [-0.39, 0.29) is 6.61 Å². The van der Waals surface area contributed by atoms with Gasteiger partial charge in [-0.1, -0.05) is 24.4 Å². The Balaban J connectivity index is 1.41. The van der Waals surface area contributed by atoms with Crippen molar-refractivity contribution in [1.82, 2.24) is 14.5 Å². The van der Waals surface area contributed by atoms with Gasteiger partial charge in [-0.3, -0.25) is 4.57 Å². The van der Waals surface area contributed by atoms with E-state index in [1.165, 1.54) is 19.2 Å². The summed E-state index contributed by atoms with van der Waals surface area (Å²) in [5, 5.41) is 13.6. The number of fused-ring (bicyclic) bond motifs is 1. The zero-order valence-corrected chi connectivity index (χ0v) is 18.0. The van der Waals surface area contributed by atoms with Gasteiger partial charge < -0.3 is 24.6 Å². The fourth-order valence-electron chi connectivity index (χ4n) is 4.78. The number of hydrogen-bond acceptors (Lipinski definition) is 7. The lowest BCUT2D eigenvalue weighted by Gasteiger charge is -2.28. The Hall–Kier alpha value is -1.52. The van der Waals surface area contributed by atoms with Crippen LogP contribution in [0.3, 0.4) is 0 Å². The largest absolute Gasteiger partial charge is 0.394 e. The molecule has 10 heteroatoms. The molecule has 1 saturated carbocycles. The van der Waals surface area contributed by atoms with Gasteiger partial charge in [0.05, 0.1) is 18.6 Å². The number of halogens is 2. The molecule has 5 rings (SSSR count). The number of ether oxygens (including phenoxy) is 3. The average molecular weight is 455 g/mol. The topological polar surface area (TPSA) is 90.7 Å². The molecule has 2 aromatic heterocycles. The lowest BCUT2D eigenvalue weighted by molar-refractivity contribution is -0.205. The number of nitrogens with one attached hydrogen (secondary N) is 1. The Bertz CT molecular complexity index is 903. The van der Waals surface area contributed by atoms with Crippen molar-refractivity contribution in [3.63, 3.8) is 0 Å². The quantitative estimate of drug-likeness (QED) is 0.644. The SMILES string of the molecule is OC[C@H]1O[C@@H](n2cnc3c(NC4CCCC4)cc(Cl)nc32)[C@@H](F)[C@@H]1OC1CCCCO1. The fourth-order valence-corrected chi connectivity index (χ4v) is 4.97. The average Bonchev–Trinajstić information content (AvgIpc) is 3.49. The monoisotopic (exact) mass is 454 g/mol. The number of rotatable bonds is 6. The maximum Gasteiger partial charge on any atom is 0.174 e. The third-order valence-electron chi connectivity index (χ3n) is 6.38. The molecule has 0 amide bonds. The third-order valence-corrected chi connectivity index (χ3v) is 6.58.